The highest BCUT2D eigenvalue weighted by atomic mass is 16.5. The van der Waals surface area contributed by atoms with Crippen LogP contribution >= 0.6 is 0 Å². The molecule has 2 rings (SSSR count). The number of amides is 2. The van der Waals surface area contributed by atoms with Gasteiger partial charge in [-0.25, -0.2) is 0 Å². The van der Waals surface area contributed by atoms with Gasteiger partial charge in [-0.1, -0.05) is 52.0 Å². The first-order valence-corrected chi connectivity index (χ1v) is 10.3. The summed E-state index contributed by atoms with van der Waals surface area (Å²) in [6, 6.07) is 13.7. The number of ether oxygens (including phenoxy) is 1. The van der Waals surface area contributed by atoms with Crippen molar-refractivity contribution >= 4 is 23.2 Å². The maximum Gasteiger partial charge on any atom is 0.238 e. The average Bonchev–Trinajstić information content (AvgIpc) is 2.68. The largest absolute Gasteiger partial charge is 0.495 e. The molecule has 0 radical (unpaired) electrons. The Balaban J connectivity index is 2.06. The Labute approximate surface area is 179 Å². The number of rotatable bonds is 9. The number of anilines is 2. The van der Waals surface area contributed by atoms with Gasteiger partial charge in [0, 0.05) is 18.7 Å². The first-order chi connectivity index (χ1) is 14.2. The lowest BCUT2D eigenvalue weighted by Crippen LogP contribution is -2.33. The molecule has 3 N–H and O–H groups in total. The molecule has 6 nitrogen and oxygen atoms in total. The minimum Gasteiger partial charge on any atom is -0.495 e. The van der Waals surface area contributed by atoms with Gasteiger partial charge >= 0.3 is 0 Å². The minimum absolute atomic E-state index is 0.0598. The normalized spacial score (nSPS) is 12.0. The topological polar surface area (TPSA) is 79.5 Å². The molecular formula is C24H33N3O3. The fourth-order valence-electron chi connectivity index (χ4n) is 3.31. The first kappa shape index (κ1) is 23.4. The Morgan fingerprint density at radius 1 is 0.933 bits per heavy atom. The van der Waals surface area contributed by atoms with Crippen molar-refractivity contribution in [1.29, 1.82) is 0 Å². The monoisotopic (exact) mass is 411 g/mol. The van der Waals surface area contributed by atoms with Crippen LogP contribution in [0.4, 0.5) is 11.4 Å². The van der Waals surface area contributed by atoms with E-state index in [1.807, 2.05) is 0 Å². The maximum absolute atomic E-state index is 12.6. The second kappa shape index (κ2) is 10.8. The summed E-state index contributed by atoms with van der Waals surface area (Å²) in [6.07, 6.45) is 0. The number of hydrogen-bond donors (Lipinski definition) is 3. The Morgan fingerprint density at radius 2 is 1.57 bits per heavy atom. The molecule has 2 amide bonds. The zero-order valence-corrected chi connectivity index (χ0v) is 18.7. The number of benzene rings is 2. The molecule has 0 aromatic heterocycles. The molecule has 2 aromatic carbocycles. The number of methoxy groups -OCH3 is 1. The first-order valence-electron chi connectivity index (χ1n) is 10.3. The third-order valence-corrected chi connectivity index (χ3v) is 4.91. The minimum atomic E-state index is -0.183. The van der Waals surface area contributed by atoms with Gasteiger partial charge in [0.15, 0.2) is 0 Å². The van der Waals surface area contributed by atoms with Gasteiger partial charge in [-0.05, 0) is 41.2 Å². The smallest absolute Gasteiger partial charge is 0.238 e. The van der Waals surface area contributed by atoms with Crippen LogP contribution in [0.1, 0.15) is 57.7 Å². The van der Waals surface area contributed by atoms with E-state index >= 15 is 0 Å². The van der Waals surface area contributed by atoms with E-state index in [9.17, 15) is 9.59 Å². The van der Waals surface area contributed by atoms with E-state index in [0.29, 0.717) is 29.0 Å². The Morgan fingerprint density at radius 3 is 2.10 bits per heavy atom. The van der Waals surface area contributed by atoms with Crippen molar-refractivity contribution in [2.24, 2.45) is 5.92 Å². The molecule has 0 unspecified atom stereocenters. The van der Waals surface area contributed by atoms with E-state index in [4.69, 9.17) is 4.74 Å². The van der Waals surface area contributed by atoms with Gasteiger partial charge in [-0.2, -0.15) is 0 Å². The average molecular weight is 412 g/mol. The molecule has 0 fully saturated rings. The number of nitrogens with one attached hydrogen (secondary N) is 3. The number of carbonyl (C=O) groups excluding carboxylic acids is 2. The predicted molar refractivity (Wildman–Crippen MR) is 122 cm³/mol. The predicted octanol–water partition coefficient (Wildman–Crippen LogP) is 4.70. The molecule has 0 saturated carbocycles. The van der Waals surface area contributed by atoms with Crippen LogP contribution in [-0.2, 0) is 9.59 Å². The van der Waals surface area contributed by atoms with Crippen molar-refractivity contribution in [3.05, 3.63) is 53.6 Å². The van der Waals surface area contributed by atoms with Crippen molar-refractivity contribution in [2.75, 3.05) is 24.3 Å². The van der Waals surface area contributed by atoms with Crippen LogP contribution in [0, 0.1) is 5.92 Å². The third kappa shape index (κ3) is 6.59. The molecule has 0 spiro atoms. The highest BCUT2D eigenvalue weighted by Gasteiger charge is 2.17. The van der Waals surface area contributed by atoms with Gasteiger partial charge in [0.05, 0.1) is 19.3 Å². The summed E-state index contributed by atoms with van der Waals surface area (Å²) in [7, 11) is 1.54. The molecule has 0 heterocycles. The molecule has 1 atom stereocenters. The van der Waals surface area contributed by atoms with Crippen LogP contribution < -0.4 is 20.7 Å². The Bertz CT molecular complexity index is 860. The van der Waals surface area contributed by atoms with E-state index in [1.54, 1.807) is 18.2 Å². The Kier molecular flexibility index (Phi) is 8.42. The van der Waals surface area contributed by atoms with Crippen LogP contribution in [0.25, 0.3) is 0 Å². The lowest BCUT2D eigenvalue weighted by atomic mass is 9.93. The van der Waals surface area contributed by atoms with Gasteiger partial charge in [0.25, 0.3) is 0 Å². The van der Waals surface area contributed by atoms with Gasteiger partial charge in [-0.3, -0.25) is 9.59 Å². The van der Waals surface area contributed by atoms with E-state index < -0.39 is 0 Å². The summed E-state index contributed by atoms with van der Waals surface area (Å²) in [6.45, 7) is 10.2. The van der Waals surface area contributed by atoms with Crippen LogP contribution in [-0.4, -0.2) is 25.5 Å². The molecular weight excluding hydrogens is 378 g/mol. The molecule has 6 heteroatoms. The van der Waals surface area contributed by atoms with Gasteiger partial charge < -0.3 is 20.7 Å². The summed E-state index contributed by atoms with van der Waals surface area (Å²) in [5, 5.41) is 8.94. The summed E-state index contributed by atoms with van der Waals surface area (Å²) >= 11 is 0. The van der Waals surface area contributed by atoms with Gasteiger partial charge in [-0.15, -0.1) is 0 Å². The summed E-state index contributed by atoms with van der Waals surface area (Å²) < 4.78 is 5.32. The van der Waals surface area contributed by atoms with E-state index in [-0.39, 0.29) is 24.4 Å². The van der Waals surface area contributed by atoms with Crippen molar-refractivity contribution in [3.63, 3.8) is 0 Å². The molecule has 0 bridgehead atoms. The molecule has 162 valence electrons. The number of carbonyl (C=O) groups is 2. The lowest BCUT2D eigenvalue weighted by molar-refractivity contribution is -0.116. The maximum atomic E-state index is 12.6. The molecule has 2 aromatic rings. The van der Waals surface area contributed by atoms with Crippen molar-refractivity contribution in [1.82, 2.24) is 5.32 Å². The number of hydrogen-bond acceptors (Lipinski definition) is 4. The standard InChI is InChI=1S/C24H33N3O3/c1-15(2)18-7-9-19(10-8-18)24(16(3)4)25-14-23(29)27-21-13-20(26-17(5)28)11-12-22(21)30-6/h7-13,15-16,24-25H,14H2,1-6H3,(H,26,28)(H,27,29)/t24-/m0/s1. The molecule has 30 heavy (non-hydrogen) atoms. The van der Waals surface area contributed by atoms with Crippen LogP contribution in [0.2, 0.25) is 0 Å². The fraction of sp³-hybridized carbons (Fsp3) is 0.417. The van der Waals surface area contributed by atoms with Crippen molar-refractivity contribution < 1.29 is 14.3 Å². The summed E-state index contributed by atoms with van der Waals surface area (Å²) in [4.78, 5) is 23.9. The zero-order chi connectivity index (χ0) is 22.3. The second-order valence-electron chi connectivity index (χ2n) is 8.07. The van der Waals surface area contributed by atoms with Gasteiger partial charge in [0.1, 0.15) is 5.75 Å². The van der Waals surface area contributed by atoms with Crippen LogP contribution in [0.5, 0.6) is 5.75 Å². The van der Waals surface area contributed by atoms with E-state index in [1.165, 1.54) is 19.6 Å². The second-order valence-corrected chi connectivity index (χ2v) is 8.07. The molecule has 0 saturated heterocycles. The van der Waals surface area contributed by atoms with E-state index in [0.717, 1.165) is 5.56 Å². The third-order valence-electron chi connectivity index (χ3n) is 4.91. The van der Waals surface area contributed by atoms with Crippen LogP contribution in [0.3, 0.4) is 0 Å². The molecule has 0 aliphatic heterocycles. The van der Waals surface area contributed by atoms with Gasteiger partial charge in [0.2, 0.25) is 11.8 Å². The quantitative estimate of drug-likeness (QED) is 0.559. The summed E-state index contributed by atoms with van der Waals surface area (Å²) in [5.74, 6) is 0.973. The highest BCUT2D eigenvalue weighted by molar-refractivity contribution is 5.95. The van der Waals surface area contributed by atoms with E-state index in [2.05, 4.69) is 67.9 Å². The zero-order valence-electron chi connectivity index (χ0n) is 18.7. The van der Waals surface area contributed by atoms with Crippen molar-refractivity contribution in [3.8, 4) is 5.75 Å². The summed E-state index contributed by atoms with van der Waals surface area (Å²) in [5.41, 5.74) is 3.56. The lowest BCUT2D eigenvalue weighted by Gasteiger charge is -2.23. The van der Waals surface area contributed by atoms with Crippen molar-refractivity contribution in [2.45, 2.75) is 46.6 Å². The highest BCUT2D eigenvalue weighted by Crippen LogP contribution is 2.28. The Hall–Kier alpha value is -2.86. The molecule has 0 aliphatic rings. The fourth-order valence-corrected chi connectivity index (χ4v) is 3.31. The molecule has 0 aliphatic carbocycles. The van der Waals surface area contributed by atoms with Crippen LogP contribution in [0.15, 0.2) is 42.5 Å². The SMILES string of the molecule is COc1ccc(NC(C)=O)cc1NC(=O)CN[C@H](c1ccc(C(C)C)cc1)C(C)C.